The molecule has 152 valence electrons. The number of carbonyl (C=O) groups is 1. The van der Waals surface area contributed by atoms with Gasteiger partial charge in [-0.3, -0.25) is 4.79 Å². The summed E-state index contributed by atoms with van der Waals surface area (Å²) in [6, 6.07) is 14.3. The van der Waals surface area contributed by atoms with E-state index in [-0.39, 0.29) is 17.7 Å². The van der Waals surface area contributed by atoms with Crippen LogP contribution < -0.4 is 15.0 Å². The van der Waals surface area contributed by atoms with Gasteiger partial charge in [0.15, 0.2) is 11.6 Å². The van der Waals surface area contributed by atoms with Crippen molar-refractivity contribution < 1.29 is 23.2 Å². The number of hydrogen-bond donors (Lipinski definition) is 2. The molecule has 1 aromatic heterocycles. The highest BCUT2D eigenvalue weighted by atomic mass is 32.1. The minimum Gasteiger partial charge on any atom is -0.435 e. The van der Waals surface area contributed by atoms with E-state index in [1.54, 1.807) is 23.5 Å². The fraction of sp³-hybridized carbons (Fsp3) is 0.333. The number of likely N-dealkylation sites (tertiary alicyclic amines) is 1. The zero-order chi connectivity index (χ0) is 20.2. The van der Waals surface area contributed by atoms with Crippen LogP contribution in [0.25, 0.3) is 10.2 Å². The third kappa shape index (κ3) is 4.89. The molecule has 0 bridgehead atoms. The van der Waals surface area contributed by atoms with Crippen LogP contribution in [0.5, 0.6) is 5.75 Å². The van der Waals surface area contributed by atoms with Crippen LogP contribution in [0.15, 0.2) is 48.5 Å². The molecule has 1 unspecified atom stereocenters. The Labute approximate surface area is 171 Å². The zero-order valence-corrected chi connectivity index (χ0v) is 16.6. The zero-order valence-electron chi connectivity index (χ0n) is 15.7. The molecule has 1 amide bonds. The summed E-state index contributed by atoms with van der Waals surface area (Å²) in [4.78, 5) is 18.6. The van der Waals surface area contributed by atoms with Crippen LogP contribution >= 0.6 is 11.3 Å². The molecule has 2 atom stereocenters. The van der Waals surface area contributed by atoms with E-state index >= 15 is 0 Å². The van der Waals surface area contributed by atoms with Crippen molar-refractivity contribution in [1.82, 2.24) is 4.98 Å². The van der Waals surface area contributed by atoms with Gasteiger partial charge in [0, 0.05) is 12.1 Å². The number of para-hydroxylation sites is 1. The van der Waals surface area contributed by atoms with Crippen LogP contribution in [0.3, 0.4) is 0 Å². The number of fused-ring (bicyclic) bond motifs is 1. The molecule has 0 aliphatic carbocycles. The highest BCUT2D eigenvalue weighted by Crippen LogP contribution is 2.28. The Morgan fingerprint density at radius 3 is 2.76 bits per heavy atom. The molecule has 1 saturated heterocycles. The molecular weight excluding hydrogens is 396 g/mol. The monoisotopic (exact) mass is 418 g/mol. The first kappa shape index (κ1) is 19.7. The Bertz CT molecular complexity index is 944. The van der Waals surface area contributed by atoms with Gasteiger partial charge in [0.25, 0.3) is 5.91 Å². The molecule has 2 N–H and O–H groups in total. The number of ether oxygens (including phenoxy) is 1. The van der Waals surface area contributed by atoms with Crippen LogP contribution in [-0.2, 0) is 4.79 Å². The second-order valence-corrected chi connectivity index (χ2v) is 8.17. The van der Waals surface area contributed by atoms with Crippen molar-refractivity contribution in [2.75, 3.05) is 18.4 Å². The molecule has 1 fully saturated rings. The predicted octanol–water partition coefficient (Wildman–Crippen LogP) is 3.65. The molecule has 5 nitrogen and oxygen atoms in total. The third-order valence-corrected chi connectivity index (χ3v) is 6.24. The Balaban J connectivity index is 1.41. The van der Waals surface area contributed by atoms with E-state index in [0.29, 0.717) is 12.2 Å². The van der Waals surface area contributed by atoms with E-state index in [0.717, 1.165) is 36.3 Å². The van der Waals surface area contributed by atoms with Gasteiger partial charge in [0.1, 0.15) is 11.8 Å². The average Bonchev–Trinajstić information content (AvgIpc) is 3.13. The summed E-state index contributed by atoms with van der Waals surface area (Å²) < 4.78 is 30.0. The fourth-order valence-corrected chi connectivity index (χ4v) is 4.92. The minimum absolute atomic E-state index is 0.0653. The largest absolute Gasteiger partial charge is 0.435 e. The van der Waals surface area contributed by atoms with E-state index in [2.05, 4.69) is 16.1 Å². The van der Waals surface area contributed by atoms with E-state index in [9.17, 15) is 13.6 Å². The summed E-state index contributed by atoms with van der Waals surface area (Å²) in [6.45, 7) is -1.59. The lowest BCUT2D eigenvalue weighted by atomic mass is 10.0. The van der Waals surface area contributed by atoms with Crippen LogP contribution in [0, 0.1) is 0 Å². The van der Waals surface area contributed by atoms with Gasteiger partial charge in [0.2, 0.25) is 0 Å². The number of benzene rings is 2. The summed E-state index contributed by atoms with van der Waals surface area (Å²) in [5.41, 5.74) is 1.57. The minimum atomic E-state index is -2.86. The molecule has 1 aliphatic heterocycles. The van der Waals surface area contributed by atoms with Crippen LogP contribution in [0.4, 0.5) is 14.5 Å². The maximum atomic E-state index is 12.6. The van der Waals surface area contributed by atoms with Gasteiger partial charge in [-0.25, -0.2) is 4.98 Å². The Hall–Kier alpha value is -2.58. The van der Waals surface area contributed by atoms with Crippen molar-refractivity contribution in [2.45, 2.75) is 31.9 Å². The molecular formula is C21H22F2N3O2S+. The summed E-state index contributed by atoms with van der Waals surface area (Å²) in [5, 5.41) is 3.93. The lowest BCUT2D eigenvalue weighted by Gasteiger charge is -2.30. The topological polar surface area (TPSA) is 55.7 Å². The van der Waals surface area contributed by atoms with Crippen LogP contribution in [0.1, 0.15) is 30.3 Å². The first-order chi connectivity index (χ1) is 14.1. The number of alkyl halides is 2. The molecule has 0 radical (unpaired) electrons. The van der Waals surface area contributed by atoms with Gasteiger partial charge < -0.3 is 15.0 Å². The number of quaternary nitrogens is 1. The van der Waals surface area contributed by atoms with Crippen molar-refractivity contribution >= 4 is 33.1 Å². The molecule has 29 heavy (non-hydrogen) atoms. The number of thiazole rings is 1. The SMILES string of the molecule is O=C(C[NH+]1CCCC[C@H]1c1nc2ccccc2s1)Nc1ccc(OC(F)F)cc1. The normalized spacial score (nSPS) is 19.4. The Morgan fingerprint density at radius 2 is 2.00 bits per heavy atom. The standard InChI is InChI=1S/C21H21F2N3O2S/c22-21(23)28-15-10-8-14(9-11-15)24-19(27)13-26-12-4-3-6-17(26)20-25-16-5-1-2-7-18(16)29-20/h1-2,5,7-11,17,21H,3-4,6,12-13H2,(H,24,27)/p+1/t17-/m0/s1. The molecule has 2 heterocycles. The summed E-state index contributed by atoms with van der Waals surface area (Å²) >= 11 is 1.71. The second kappa shape index (κ2) is 8.84. The number of anilines is 1. The quantitative estimate of drug-likeness (QED) is 0.643. The van der Waals surface area contributed by atoms with Gasteiger partial charge in [0.05, 0.1) is 16.8 Å². The highest BCUT2D eigenvalue weighted by Gasteiger charge is 2.31. The number of nitrogens with zero attached hydrogens (tertiary/aromatic N) is 1. The van der Waals surface area contributed by atoms with Crippen molar-refractivity contribution in [3.63, 3.8) is 0 Å². The molecule has 0 saturated carbocycles. The van der Waals surface area contributed by atoms with E-state index < -0.39 is 6.61 Å². The van der Waals surface area contributed by atoms with Crippen LogP contribution in [0.2, 0.25) is 0 Å². The number of rotatable bonds is 6. The Morgan fingerprint density at radius 1 is 1.21 bits per heavy atom. The number of carbonyl (C=O) groups excluding carboxylic acids is 1. The fourth-order valence-electron chi connectivity index (χ4n) is 3.76. The van der Waals surface area contributed by atoms with Crippen molar-refractivity contribution in [1.29, 1.82) is 0 Å². The molecule has 0 spiro atoms. The van der Waals surface area contributed by atoms with E-state index in [4.69, 9.17) is 4.98 Å². The summed E-state index contributed by atoms with van der Waals surface area (Å²) in [6.07, 6.45) is 3.24. The molecule has 1 aliphatic rings. The van der Waals surface area contributed by atoms with Crippen LogP contribution in [-0.4, -0.2) is 30.6 Å². The van der Waals surface area contributed by atoms with Crippen molar-refractivity contribution in [3.05, 3.63) is 53.5 Å². The maximum absolute atomic E-state index is 12.6. The molecule has 4 rings (SSSR count). The van der Waals surface area contributed by atoms with Gasteiger partial charge in [-0.15, -0.1) is 11.3 Å². The van der Waals surface area contributed by atoms with Gasteiger partial charge in [-0.2, -0.15) is 8.78 Å². The number of aromatic nitrogens is 1. The maximum Gasteiger partial charge on any atom is 0.387 e. The van der Waals surface area contributed by atoms with Crippen molar-refractivity contribution in [2.24, 2.45) is 0 Å². The number of amides is 1. The predicted molar refractivity (Wildman–Crippen MR) is 109 cm³/mol. The number of nitrogens with one attached hydrogen (secondary N) is 2. The molecule has 8 heteroatoms. The molecule has 2 aromatic carbocycles. The smallest absolute Gasteiger partial charge is 0.387 e. The summed E-state index contributed by atoms with van der Waals surface area (Å²) in [5.74, 6) is -0.0360. The van der Waals surface area contributed by atoms with Gasteiger partial charge in [-0.05, 0) is 49.2 Å². The van der Waals surface area contributed by atoms with Gasteiger partial charge >= 0.3 is 6.61 Å². The van der Waals surface area contributed by atoms with E-state index in [1.165, 1.54) is 21.7 Å². The first-order valence-electron chi connectivity index (χ1n) is 9.63. The van der Waals surface area contributed by atoms with Gasteiger partial charge in [-0.1, -0.05) is 12.1 Å². The second-order valence-electron chi connectivity index (χ2n) is 7.10. The Kier molecular flexibility index (Phi) is 6.01. The number of halogens is 2. The lowest BCUT2D eigenvalue weighted by Crippen LogP contribution is -3.14. The lowest BCUT2D eigenvalue weighted by molar-refractivity contribution is -0.929. The molecule has 3 aromatic rings. The average molecular weight is 418 g/mol. The highest BCUT2D eigenvalue weighted by molar-refractivity contribution is 7.18. The summed E-state index contributed by atoms with van der Waals surface area (Å²) in [7, 11) is 0. The number of piperidine rings is 1. The first-order valence-corrected chi connectivity index (χ1v) is 10.4. The number of hydrogen-bond acceptors (Lipinski definition) is 4. The third-order valence-electron chi connectivity index (χ3n) is 5.09. The van der Waals surface area contributed by atoms with Crippen molar-refractivity contribution in [3.8, 4) is 5.75 Å². The van der Waals surface area contributed by atoms with E-state index in [1.807, 2.05) is 18.2 Å².